The molecule has 0 saturated carbocycles. The van der Waals surface area contributed by atoms with E-state index in [2.05, 4.69) is 0 Å². The van der Waals surface area contributed by atoms with E-state index < -0.39 is 11.9 Å². The van der Waals surface area contributed by atoms with Crippen molar-refractivity contribution >= 4 is 17.8 Å². The number of unbranched alkanes of at least 4 members (excludes halogenated alkanes) is 1. The molecule has 0 atom stereocenters. The van der Waals surface area contributed by atoms with Gasteiger partial charge in [0, 0.05) is 13.0 Å². The Morgan fingerprint density at radius 3 is 2.32 bits per heavy atom. The highest BCUT2D eigenvalue weighted by atomic mass is 16.4. The summed E-state index contributed by atoms with van der Waals surface area (Å²) in [5.74, 6) is -1.61. The summed E-state index contributed by atoms with van der Waals surface area (Å²) in [5, 5.41) is 8.83. The SMILES string of the molecule is CCCCN(CC(N)=O)C(=O)CCc1ccc(C(=O)O)cc1. The van der Waals surface area contributed by atoms with Crippen LogP contribution in [0.15, 0.2) is 24.3 Å². The van der Waals surface area contributed by atoms with Gasteiger partial charge in [0.15, 0.2) is 0 Å². The molecule has 6 heteroatoms. The molecule has 0 saturated heterocycles. The van der Waals surface area contributed by atoms with Gasteiger partial charge < -0.3 is 15.7 Å². The van der Waals surface area contributed by atoms with E-state index in [1.807, 2.05) is 6.92 Å². The highest BCUT2D eigenvalue weighted by molar-refractivity contribution is 5.87. The second-order valence-corrected chi connectivity index (χ2v) is 5.14. The monoisotopic (exact) mass is 306 g/mol. The summed E-state index contributed by atoms with van der Waals surface area (Å²) in [6.07, 6.45) is 2.52. The number of aromatic carboxylic acids is 1. The molecule has 0 bridgehead atoms. The maximum Gasteiger partial charge on any atom is 0.335 e. The molecule has 22 heavy (non-hydrogen) atoms. The Balaban J connectivity index is 2.57. The van der Waals surface area contributed by atoms with E-state index in [0.29, 0.717) is 13.0 Å². The Morgan fingerprint density at radius 2 is 1.82 bits per heavy atom. The van der Waals surface area contributed by atoms with E-state index in [0.717, 1.165) is 18.4 Å². The van der Waals surface area contributed by atoms with Crippen LogP contribution in [0.4, 0.5) is 0 Å². The van der Waals surface area contributed by atoms with Crippen molar-refractivity contribution in [2.24, 2.45) is 5.73 Å². The van der Waals surface area contributed by atoms with Gasteiger partial charge in [-0.15, -0.1) is 0 Å². The molecule has 1 aromatic carbocycles. The molecule has 0 aliphatic rings. The van der Waals surface area contributed by atoms with Gasteiger partial charge in [-0.25, -0.2) is 4.79 Å². The van der Waals surface area contributed by atoms with Crippen molar-refractivity contribution in [2.45, 2.75) is 32.6 Å². The minimum atomic E-state index is -0.977. The van der Waals surface area contributed by atoms with E-state index in [-0.39, 0.29) is 24.4 Å². The van der Waals surface area contributed by atoms with Crippen molar-refractivity contribution in [1.82, 2.24) is 4.90 Å². The molecule has 1 aromatic rings. The summed E-state index contributed by atoms with van der Waals surface area (Å²) in [6, 6.07) is 6.42. The van der Waals surface area contributed by atoms with Gasteiger partial charge in [0.1, 0.15) is 0 Å². The molecule has 0 aliphatic carbocycles. The first-order valence-electron chi connectivity index (χ1n) is 7.32. The number of amides is 2. The van der Waals surface area contributed by atoms with Crippen molar-refractivity contribution < 1.29 is 19.5 Å². The quantitative estimate of drug-likeness (QED) is 0.720. The first kappa shape index (κ1) is 17.7. The second kappa shape index (κ2) is 8.81. The maximum atomic E-state index is 12.2. The van der Waals surface area contributed by atoms with Crippen LogP contribution < -0.4 is 5.73 Å². The Hall–Kier alpha value is -2.37. The molecular formula is C16H22N2O4. The van der Waals surface area contributed by atoms with Crippen molar-refractivity contribution in [2.75, 3.05) is 13.1 Å². The molecule has 0 aromatic heterocycles. The number of carbonyl (C=O) groups is 3. The van der Waals surface area contributed by atoms with Gasteiger partial charge in [-0.3, -0.25) is 9.59 Å². The molecule has 120 valence electrons. The van der Waals surface area contributed by atoms with Crippen molar-refractivity contribution in [1.29, 1.82) is 0 Å². The van der Waals surface area contributed by atoms with Crippen LogP contribution >= 0.6 is 0 Å². The molecule has 2 amide bonds. The number of hydrogen-bond acceptors (Lipinski definition) is 3. The normalized spacial score (nSPS) is 10.2. The highest BCUT2D eigenvalue weighted by Crippen LogP contribution is 2.08. The number of hydrogen-bond donors (Lipinski definition) is 2. The Labute approximate surface area is 129 Å². The Morgan fingerprint density at radius 1 is 1.18 bits per heavy atom. The number of rotatable bonds is 9. The average Bonchev–Trinajstić information content (AvgIpc) is 2.49. The number of primary amides is 1. The van der Waals surface area contributed by atoms with Gasteiger partial charge in [0.05, 0.1) is 12.1 Å². The van der Waals surface area contributed by atoms with Crippen LogP contribution in [0.3, 0.4) is 0 Å². The number of carbonyl (C=O) groups excluding carboxylic acids is 2. The smallest absolute Gasteiger partial charge is 0.335 e. The lowest BCUT2D eigenvalue weighted by Crippen LogP contribution is -2.39. The van der Waals surface area contributed by atoms with Gasteiger partial charge in [-0.2, -0.15) is 0 Å². The lowest BCUT2D eigenvalue weighted by atomic mass is 10.1. The lowest BCUT2D eigenvalue weighted by Gasteiger charge is -2.21. The van der Waals surface area contributed by atoms with Crippen molar-refractivity contribution in [3.05, 3.63) is 35.4 Å². The number of benzene rings is 1. The number of nitrogens with two attached hydrogens (primary N) is 1. The molecule has 1 rings (SSSR count). The van der Waals surface area contributed by atoms with Crippen LogP contribution in [-0.4, -0.2) is 40.9 Å². The zero-order valence-corrected chi connectivity index (χ0v) is 12.7. The summed E-state index contributed by atoms with van der Waals surface area (Å²) in [7, 11) is 0. The fourth-order valence-corrected chi connectivity index (χ4v) is 2.05. The highest BCUT2D eigenvalue weighted by Gasteiger charge is 2.15. The lowest BCUT2D eigenvalue weighted by molar-refractivity contribution is -0.135. The van der Waals surface area contributed by atoms with Crippen LogP contribution in [0.1, 0.15) is 42.1 Å². The molecule has 0 fully saturated rings. The molecule has 0 spiro atoms. The molecule has 6 nitrogen and oxygen atoms in total. The zero-order valence-electron chi connectivity index (χ0n) is 12.7. The number of aryl methyl sites for hydroxylation is 1. The number of carboxylic acid groups (broad SMARTS) is 1. The zero-order chi connectivity index (χ0) is 16.5. The third-order valence-electron chi connectivity index (χ3n) is 3.31. The van der Waals surface area contributed by atoms with E-state index >= 15 is 0 Å². The Bertz CT molecular complexity index is 525. The first-order valence-corrected chi connectivity index (χ1v) is 7.32. The summed E-state index contributed by atoms with van der Waals surface area (Å²) in [4.78, 5) is 35.4. The first-order chi connectivity index (χ1) is 10.4. The van der Waals surface area contributed by atoms with Gasteiger partial charge >= 0.3 is 5.97 Å². The predicted molar refractivity (Wildman–Crippen MR) is 82.4 cm³/mol. The van der Waals surface area contributed by atoms with Gasteiger partial charge in [-0.1, -0.05) is 25.5 Å². The van der Waals surface area contributed by atoms with Crippen LogP contribution in [-0.2, 0) is 16.0 Å². The molecular weight excluding hydrogens is 284 g/mol. The fraction of sp³-hybridized carbons (Fsp3) is 0.438. The minimum Gasteiger partial charge on any atom is -0.478 e. The molecule has 0 aliphatic heterocycles. The largest absolute Gasteiger partial charge is 0.478 e. The second-order valence-electron chi connectivity index (χ2n) is 5.14. The van der Waals surface area contributed by atoms with Crippen molar-refractivity contribution in [3.8, 4) is 0 Å². The van der Waals surface area contributed by atoms with E-state index in [4.69, 9.17) is 10.8 Å². The average molecular weight is 306 g/mol. The third kappa shape index (κ3) is 5.95. The van der Waals surface area contributed by atoms with Gasteiger partial charge in [-0.05, 0) is 30.5 Å². The Kier molecular flexibility index (Phi) is 7.08. The van der Waals surface area contributed by atoms with Crippen LogP contribution in [0, 0.1) is 0 Å². The van der Waals surface area contributed by atoms with Crippen LogP contribution in [0.5, 0.6) is 0 Å². The van der Waals surface area contributed by atoms with Gasteiger partial charge in [0.2, 0.25) is 11.8 Å². The summed E-state index contributed by atoms with van der Waals surface area (Å²) >= 11 is 0. The molecule has 3 N–H and O–H groups in total. The predicted octanol–water partition coefficient (Wildman–Crippen LogP) is 1.43. The number of carboxylic acids is 1. The van der Waals surface area contributed by atoms with E-state index in [9.17, 15) is 14.4 Å². The minimum absolute atomic E-state index is 0.0587. The molecule has 0 heterocycles. The van der Waals surface area contributed by atoms with E-state index in [1.54, 1.807) is 12.1 Å². The number of nitrogens with zero attached hydrogens (tertiary/aromatic N) is 1. The van der Waals surface area contributed by atoms with Crippen LogP contribution in [0.2, 0.25) is 0 Å². The topological polar surface area (TPSA) is 101 Å². The third-order valence-corrected chi connectivity index (χ3v) is 3.31. The van der Waals surface area contributed by atoms with Crippen LogP contribution in [0.25, 0.3) is 0 Å². The molecule has 0 radical (unpaired) electrons. The van der Waals surface area contributed by atoms with Gasteiger partial charge in [0.25, 0.3) is 0 Å². The fourth-order valence-electron chi connectivity index (χ4n) is 2.05. The molecule has 0 unspecified atom stereocenters. The summed E-state index contributed by atoms with van der Waals surface area (Å²) in [5.41, 5.74) is 6.27. The summed E-state index contributed by atoms with van der Waals surface area (Å²) < 4.78 is 0. The maximum absolute atomic E-state index is 12.2. The van der Waals surface area contributed by atoms with Crippen molar-refractivity contribution in [3.63, 3.8) is 0 Å². The summed E-state index contributed by atoms with van der Waals surface area (Å²) in [6.45, 7) is 2.48. The standard InChI is InChI=1S/C16H22N2O4/c1-2-3-10-18(11-14(17)19)15(20)9-6-12-4-7-13(8-5-12)16(21)22/h4-5,7-8H,2-3,6,9-11H2,1H3,(H2,17,19)(H,21,22). The van der Waals surface area contributed by atoms with E-state index in [1.165, 1.54) is 17.0 Å².